The number of aromatic nitrogens is 2. The van der Waals surface area contributed by atoms with Crippen molar-refractivity contribution in [1.82, 2.24) is 20.6 Å². The van der Waals surface area contributed by atoms with Crippen molar-refractivity contribution >= 4 is 11.8 Å². The molecule has 0 spiro atoms. The van der Waals surface area contributed by atoms with E-state index in [2.05, 4.69) is 21.7 Å². The number of benzene rings is 1. The normalized spacial score (nSPS) is 21.5. The van der Waals surface area contributed by atoms with Crippen molar-refractivity contribution < 1.29 is 18.4 Å². The van der Waals surface area contributed by atoms with Crippen LogP contribution in [-0.4, -0.2) is 28.8 Å². The number of nitrogens with one attached hydrogen (secondary N) is 2. The summed E-state index contributed by atoms with van der Waals surface area (Å²) in [7, 11) is 1.51. The molecule has 2 amide bonds. The summed E-state index contributed by atoms with van der Waals surface area (Å²) in [5.74, 6) is 0.163. The van der Waals surface area contributed by atoms with Gasteiger partial charge < -0.3 is 19.5 Å². The number of carbonyl (C=O) groups excluding carboxylic acids is 2. The van der Waals surface area contributed by atoms with E-state index in [0.29, 0.717) is 31.4 Å². The monoisotopic (exact) mass is 473 g/mol. The molecule has 1 aromatic carbocycles. The van der Waals surface area contributed by atoms with Crippen LogP contribution in [0.2, 0.25) is 0 Å². The van der Waals surface area contributed by atoms with Crippen molar-refractivity contribution in [3.8, 4) is 17.7 Å². The van der Waals surface area contributed by atoms with Crippen LogP contribution >= 0.6 is 0 Å². The highest BCUT2D eigenvalue weighted by Gasteiger charge is 2.48. The first kappa shape index (κ1) is 22.8. The van der Waals surface area contributed by atoms with E-state index >= 15 is 0 Å². The second-order valence-corrected chi connectivity index (χ2v) is 10.2. The molecule has 0 radical (unpaired) electrons. The summed E-state index contributed by atoms with van der Waals surface area (Å²) in [5, 5.41) is 16.2. The summed E-state index contributed by atoms with van der Waals surface area (Å²) in [4.78, 5) is 34.1. The highest BCUT2D eigenvalue weighted by molar-refractivity contribution is 5.92. The highest BCUT2D eigenvalue weighted by atomic mass is 16.4. The Morgan fingerprint density at radius 3 is 2.77 bits per heavy atom. The summed E-state index contributed by atoms with van der Waals surface area (Å²) < 4.78 is 12.1. The van der Waals surface area contributed by atoms with E-state index in [4.69, 9.17) is 13.8 Å². The third-order valence-corrected chi connectivity index (χ3v) is 6.85. The molecule has 0 fully saturated rings. The Bertz CT molecular complexity index is 1370. The third-order valence-electron chi connectivity index (χ3n) is 6.85. The van der Waals surface area contributed by atoms with Crippen LogP contribution in [0.4, 0.5) is 0 Å². The SMILES string of the molecule is CNC(=O)c1coc(-c2nc3oc2C2(C#N)CCc4ccc(cc42)CCC(=O)NC3C(C)(C)C)n1. The highest BCUT2D eigenvalue weighted by Crippen LogP contribution is 2.49. The molecule has 180 valence electrons. The van der Waals surface area contributed by atoms with Crippen molar-refractivity contribution in [3.05, 3.63) is 58.5 Å². The van der Waals surface area contributed by atoms with Gasteiger partial charge in [-0.25, -0.2) is 9.97 Å². The summed E-state index contributed by atoms with van der Waals surface area (Å²) >= 11 is 0. The van der Waals surface area contributed by atoms with E-state index in [1.54, 1.807) is 0 Å². The Hall–Kier alpha value is -3.93. The summed E-state index contributed by atoms with van der Waals surface area (Å²) in [6.45, 7) is 5.95. The molecular weight excluding hydrogens is 446 g/mol. The zero-order chi connectivity index (χ0) is 25.0. The number of nitrogens with zero attached hydrogens (tertiary/aromatic N) is 3. The maximum absolute atomic E-state index is 12.9. The first-order valence-electron chi connectivity index (χ1n) is 11.7. The molecule has 4 bridgehead atoms. The molecular formula is C26H27N5O4. The topological polar surface area (TPSA) is 134 Å². The molecule has 3 aromatic rings. The zero-order valence-corrected chi connectivity index (χ0v) is 20.2. The average molecular weight is 474 g/mol. The lowest BCUT2D eigenvalue weighted by Crippen LogP contribution is -2.37. The van der Waals surface area contributed by atoms with E-state index in [1.807, 2.05) is 39.0 Å². The van der Waals surface area contributed by atoms with E-state index in [-0.39, 0.29) is 29.1 Å². The fourth-order valence-corrected chi connectivity index (χ4v) is 4.90. The molecule has 2 aliphatic rings. The maximum atomic E-state index is 12.9. The molecule has 9 heteroatoms. The van der Waals surface area contributed by atoms with Gasteiger partial charge in [-0.1, -0.05) is 39.0 Å². The fraction of sp³-hybridized carbons (Fsp3) is 0.423. The van der Waals surface area contributed by atoms with E-state index < -0.39 is 22.8 Å². The van der Waals surface area contributed by atoms with Crippen LogP contribution in [0.15, 0.2) is 33.3 Å². The van der Waals surface area contributed by atoms with Crippen LogP contribution in [0.1, 0.15) is 78.5 Å². The average Bonchev–Trinajstić information content (AvgIpc) is 3.56. The van der Waals surface area contributed by atoms with Gasteiger partial charge in [0.15, 0.2) is 17.1 Å². The van der Waals surface area contributed by atoms with Gasteiger partial charge in [-0.3, -0.25) is 9.59 Å². The smallest absolute Gasteiger partial charge is 0.272 e. The second-order valence-electron chi connectivity index (χ2n) is 10.2. The van der Waals surface area contributed by atoms with Crippen molar-refractivity contribution in [2.45, 2.75) is 57.9 Å². The van der Waals surface area contributed by atoms with Gasteiger partial charge in [0.25, 0.3) is 5.91 Å². The maximum Gasteiger partial charge on any atom is 0.272 e. The third kappa shape index (κ3) is 3.70. The number of carbonyl (C=O) groups is 2. The predicted molar refractivity (Wildman–Crippen MR) is 125 cm³/mol. The molecule has 0 saturated heterocycles. The Labute approximate surface area is 202 Å². The molecule has 0 saturated carbocycles. The lowest BCUT2D eigenvalue weighted by Gasteiger charge is -2.29. The van der Waals surface area contributed by atoms with Gasteiger partial charge in [0.05, 0.1) is 6.07 Å². The molecule has 3 heterocycles. The summed E-state index contributed by atoms with van der Waals surface area (Å²) in [5.41, 5.74) is 1.72. The van der Waals surface area contributed by atoms with Crippen LogP contribution in [0.25, 0.3) is 11.6 Å². The van der Waals surface area contributed by atoms with Crippen LogP contribution in [0, 0.1) is 16.7 Å². The van der Waals surface area contributed by atoms with Crippen LogP contribution in [0.3, 0.4) is 0 Å². The molecule has 2 unspecified atom stereocenters. The van der Waals surface area contributed by atoms with Crippen molar-refractivity contribution in [2.24, 2.45) is 5.41 Å². The Balaban J connectivity index is 1.79. The predicted octanol–water partition coefficient (Wildman–Crippen LogP) is 3.59. The van der Waals surface area contributed by atoms with E-state index in [1.165, 1.54) is 13.3 Å². The van der Waals surface area contributed by atoms with Gasteiger partial charge in [-0.2, -0.15) is 5.26 Å². The number of hydrogen-bond acceptors (Lipinski definition) is 7. The number of amides is 2. The minimum atomic E-state index is -1.10. The Kier molecular flexibility index (Phi) is 5.28. The molecule has 2 atom stereocenters. The molecule has 2 aromatic heterocycles. The lowest BCUT2D eigenvalue weighted by atomic mass is 9.79. The second kappa shape index (κ2) is 8.08. The number of rotatable bonds is 2. The first-order valence-corrected chi connectivity index (χ1v) is 11.7. The van der Waals surface area contributed by atoms with Crippen LogP contribution in [0.5, 0.6) is 0 Å². The van der Waals surface area contributed by atoms with E-state index in [0.717, 1.165) is 16.7 Å². The quantitative estimate of drug-likeness (QED) is 0.581. The number of aryl methyl sites for hydroxylation is 2. The van der Waals surface area contributed by atoms with Gasteiger partial charge in [-0.15, -0.1) is 0 Å². The Morgan fingerprint density at radius 2 is 2.06 bits per heavy atom. The Morgan fingerprint density at radius 1 is 1.26 bits per heavy atom. The van der Waals surface area contributed by atoms with Gasteiger partial charge in [-0.05, 0) is 41.4 Å². The minimum Gasteiger partial charge on any atom is -0.442 e. The van der Waals surface area contributed by atoms with E-state index in [9.17, 15) is 14.9 Å². The van der Waals surface area contributed by atoms with Gasteiger partial charge in [0.1, 0.15) is 17.7 Å². The number of oxazole rings is 2. The molecule has 2 N–H and O–H groups in total. The summed E-state index contributed by atoms with van der Waals surface area (Å²) in [6.07, 6.45) is 3.34. The molecule has 35 heavy (non-hydrogen) atoms. The first-order chi connectivity index (χ1) is 16.7. The molecule has 1 aliphatic carbocycles. The summed E-state index contributed by atoms with van der Waals surface area (Å²) in [6, 6.07) is 8.01. The van der Waals surface area contributed by atoms with Gasteiger partial charge >= 0.3 is 0 Å². The van der Waals surface area contributed by atoms with Crippen LogP contribution in [-0.2, 0) is 23.1 Å². The number of fused-ring (bicyclic) bond motifs is 4. The van der Waals surface area contributed by atoms with Gasteiger partial charge in [0.2, 0.25) is 17.7 Å². The van der Waals surface area contributed by atoms with Crippen molar-refractivity contribution in [3.63, 3.8) is 0 Å². The van der Waals surface area contributed by atoms with Gasteiger partial charge in [0, 0.05) is 13.5 Å². The lowest BCUT2D eigenvalue weighted by molar-refractivity contribution is -0.122. The van der Waals surface area contributed by atoms with Crippen molar-refractivity contribution in [2.75, 3.05) is 7.05 Å². The molecule has 5 rings (SSSR count). The molecule has 1 aliphatic heterocycles. The fourth-order valence-electron chi connectivity index (χ4n) is 4.90. The van der Waals surface area contributed by atoms with Crippen LogP contribution < -0.4 is 10.6 Å². The number of hydrogen-bond donors (Lipinski definition) is 2. The zero-order valence-electron chi connectivity index (χ0n) is 20.2. The van der Waals surface area contributed by atoms with Crippen molar-refractivity contribution in [1.29, 1.82) is 5.26 Å². The molecule has 9 nitrogen and oxygen atoms in total. The minimum absolute atomic E-state index is 0.0849. The standard InChI is InChI=1S/C26H27N5O4/c1-25(2,3)20-24-31-19(23-29-17(12-34-23)22(33)28-4)21(35-24)26(13-27)10-9-15-7-5-14(11-16(15)26)6-8-18(32)30-20/h5,7,11-12,20H,6,8-10H2,1-4H3,(H,28,33)(H,30,32). The largest absolute Gasteiger partial charge is 0.442 e. The number of nitriles is 1.